The fraction of sp³-hybridized carbons (Fsp3) is 0.182. The van der Waals surface area contributed by atoms with Crippen LogP contribution < -0.4 is 0 Å². The van der Waals surface area contributed by atoms with Gasteiger partial charge in [0.1, 0.15) is 5.75 Å². The van der Waals surface area contributed by atoms with Crippen molar-refractivity contribution in [2.45, 2.75) is 13.8 Å². The number of phenolic OH excluding ortho intramolecular Hbond substituents is 1. The van der Waals surface area contributed by atoms with E-state index in [1.165, 1.54) is 6.92 Å². The van der Waals surface area contributed by atoms with Gasteiger partial charge >= 0.3 is 0 Å². The molecule has 14 heavy (non-hydrogen) atoms. The van der Waals surface area contributed by atoms with Crippen molar-refractivity contribution >= 4 is 16.7 Å². The lowest BCUT2D eigenvalue weighted by atomic mass is 10.1. The second-order valence-corrected chi connectivity index (χ2v) is 3.41. The maximum atomic E-state index is 11.4. The number of carbonyl (C=O) groups is 1. The molecule has 1 aromatic carbocycles. The van der Waals surface area contributed by atoms with E-state index in [1.54, 1.807) is 18.2 Å². The van der Waals surface area contributed by atoms with Gasteiger partial charge in [-0.05, 0) is 32.0 Å². The summed E-state index contributed by atoms with van der Waals surface area (Å²) in [7, 11) is 0. The average Bonchev–Trinajstić information content (AvgIpc) is 2.40. The van der Waals surface area contributed by atoms with Gasteiger partial charge in [0, 0.05) is 22.2 Å². The van der Waals surface area contributed by atoms with Crippen LogP contribution in [0.5, 0.6) is 5.75 Å². The molecular formula is C11H11NO2. The smallest absolute Gasteiger partial charge is 0.162 e. The van der Waals surface area contributed by atoms with Crippen LogP contribution in [0.2, 0.25) is 0 Å². The molecular weight excluding hydrogens is 178 g/mol. The molecule has 0 saturated heterocycles. The molecule has 0 atom stereocenters. The van der Waals surface area contributed by atoms with Gasteiger partial charge in [-0.1, -0.05) is 0 Å². The van der Waals surface area contributed by atoms with E-state index in [2.05, 4.69) is 4.98 Å². The summed E-state index contributed by atoms with van der Waals surface area (Å²) in [5.41, 5.74) is 2.39. The number of nitrogens with one attached hydrogen (secondary N) is 1. The van der Waals surface area contributed by atoms with Crippen LogP contribution >= 0.6 is 0 Å². The van der Waals surface area contributed by atoms with E-state index in [1.807, 2.05) is 6.92 Å². The lowest BCUT2D eigenvalue weighted by Crippen LogP contribution is -1.92. The topological polar surface area (TPSA) is 53.1 Å². The van der Waals surface area contributed by atoms with E-state index in [-0.39, 0.29) is 11.5 Å². The predicted molar refractivity (Wildman–Crippen MR) is 54.7 cm³/mol. The zero-order valence-corrected chi connectivity index (χ0v) is 8.09. The van der Waals surface area contributed by atoms with Crippen LogP contribution in [0.15, 0.2) is 18.2 Å². The van der Waals surface area contributed by atoms with Gasteiger partial charge < -0.3 is 10.1 Å². The molecule has 0 aliphatic heterocycles. The SMILES string of the molecule is CC(=O)c1c(C)[nH]c2ccc(O)cc12. The molecule has 0 spiro atoms. The molecule has 0 aliphatic rings. The molecule has 0 amide bonds. The molecule has 3 heteroatoms. The van der Waals surface area contributed by atoms with Gasteiger partial charge in [-0.3, -0.25) is 4.79 Å². The number of Topliss-reactive ketones (excluding diaryl/α,β-unsaturated/α-hetero) is 1. The molecule has 0 fully saturated rings. The Morgan fingerprint density at radius 3 is 2.79 bits per heavy atom. The van der Waals surface area contributed by atoms with Gasteiger partial charge in [-0.25, -0.2) is 0 Å². The Bertz CT molecular complexity index is 511. The first-order valence-corrected chi connectivity index (χ1v) is 4.42. The molecule has 0 unspecified atom stereocenters. The van der Waals surface area contributed by atoms with E-state index in [0.29, 0.717) is 5.56 Å². The number of aromatic hydroxyl groups is 1. The number of H-pyrrole nitrogens is 1. The fourth-order valence-corrected chi connectivity index (χ4v) is 1.77. The molecule has 1 aromatic heterocycles. The summed E-state index contributed by atoms with van der Waals surface area (Å²) in [6.07, 6.45) is 0. The molecule has 3 nitrogen and oxygen atoms in total. The van der Waals surface area contributed by atoms with Gasteiger partial charge in [0.25, 0.3) is 0 Å². The van der Waals surface area contributed by atoms with Crippen molar-refractivity contribution in [2.24, 2.45) is 0 Å². The predicted octanol–water partition coefficient (Wildman–Crippen LogP) is 2.38. The maximum Gasteiger partial charge on any atom is 0.162 e. The number of aromatic nitrogens is 1. The zero-order valence-electron chi connectivity index (χ0n) is 8.09. The van der Waals surface area contributed by atoms with Crippen molar-refractivity contribution in [3.8, 4) is 5.75 Å². The lowest BCUT2D eigenvalue weighted by molar-refractivity contribution is 0.101. The summed E-state index contributed by atoms with van der Waals surface area (Å²) < 4.78 is 0. The molecule has 0 saturated carbocycles. The van der Waals surface area contributed by atoms with Crippen molar-refractivity contribution in [1.29, 1.82) is 0 Å². The van der Waals surface area contributed by atoms with Gasteiger partial charge in [0.05, 0.1) is 0 Å². The lowest BCUT2D eigenvalue weighted by Gasteiger charge is -1.95. The highest BCUT2D eigenvalue weighted by Gasteiger charge is 2.12. The first kappa shape index (κ1) is 8.81. The third-order valence-corrected chi connectivity index (χ3v) is 2.32. The van der Waals surface area contributed by atoms with Gasteiger partial charge in [0.2, 0.25) is 0 Å². The van der Waals surface area contributed by atoms with E-state index >= 15 is 0 Å². The summed E-state index contributed by atoms with van der Waals surface area (Å²) in [6.45, 7) is 3.38. The van der Waals surface area contributed by atoms with Crippen LogP contribution in [-0.4, -0.2) is 15.9 Å². The standard InChI is InChI=1S/C11H11NO2/c1-6-11(7(2)13)9-5-8(14)3-4-10(9)12-6/h3-5,12,14H,1-2H3. The van der Waals surface area contributed by atoms with Crippen molar-refractivity contribution < 1.29 is 9.90 Å². The molecule has 72 valence electrons. The molecule has 0 bridgehead atoms. The Balaban J connectivity index is 2.86. The zero-order chi connectivity index (χ0) is 10.3. The summed E-state index contributed by atoms with van der Waals surface area (Å²) in [6, 6.07) is 4.97. The average molecular weight is 189 g/mol. The number of aromatic amines is 1. The van der Waals surface area contributed by atoms with Gasteiger partial charge in [-0.15, -0.1) is 0 Å². The largest absolute Gasteiger partial charge is 0.508 e. The van der Waals surface area contributed by atoms with Crippen LogP contribution in [0.25, 0.3) is 10.9 Å². The molecule has 0 radical (unpaired) electrons. The number of benzene rings is 1. The van der Waals surface area contributed by atoms with Crippen LogP contribution in [-0.2, 0) is 0 Å². The highest BCUT2D eigenvalue weighted by Crippen LogP contribution is 2.25. The minimum Gasteiger partial charge on any atom is -0.508 e. The van der Waals surface area contributed by atoms with E-state index in [9.17, 15) is 9.90 Å². The quantitative estimate of drug-likeness (QED) is 0.677. The monoisotopic (exact) mass is 189 g/mol. The molecule has 2 aromatic rings. The normalized spacial score (nSPS) is 10.7. The van der Waals surface area contributed by atoms with Gasteiger partial charge in [0.15, 0.2) is 5.78 Å². The van der Waals surface area contributed by atoms with Crippen molar-refractivity contribution in [3.05, 3.63) is 29.5 Å². The minimum atomic E-state index is 0.0133. The van der Waals surface area contributed by atoms with Crippen LogP contribution in [0.3, 0.4) is 0 Å². The second kappa shape index (κ2) is 2.87. The number of hydrogen-bond donors (Lipinski definition) is 2. The number of rotatable bonds is 1. The van der Waals surface area contributed by atoms with Crippen LogP contribution in [0.1, 0.15) is 23.0 Å². The Morgan fingerprint density at radius 2 is 2.14 bits per heavy atom. The highest BCUT2D eigenvalue weighted by atomic mass is 16.3. The number of aryl methyl sites for hydroxylation is 1. The first-order chi connectivity index (χ1) is 6.59. The minimum absolute atomic E-state index is 0.0133. The number of hydrogen-bond acceptors (Lipinski definition) is 2. The van der Waals surface area contributed by atoms with E-state index < -0.39 is 0 Å². The third kappa shape index (κ3) is 1.18. The summed E-state index contributed by atoms with van der Waals surface area (Å²) in [4.78, 5) is 14.5. The summed E-state index contributed by atoms with van der Waals surface area (Å²) in [5, 5.41) is 10.1. The third-order valence-electron chi connectivity index (χ3n) is 2.32. The second-order valence-electron chi connectivity index (χ2n) is 3.41. The summed E-state index contributed by atoms with van der Waals surface area (Å²) in [5.74, 6) is 0.193. The van der Waals surface area contributed by atoms with E-state index in [0.717, 1.165) is 16.6 Å². The van der Waals surface area contributed by atoms with Crippen molar-refractivity contribution in [3.63, 3.8) is 0 Å². The number of phenols is 1. The molecule has 0 aliphatic carbocycles. The molecule has 2 N–H and O–H groups in total. The Kier molecular flexibility index (Phi) is 1.81. The summed E-state index contributed by atoms with van der Waals surface area (Å²) >= 11 is 0. The van der Waals surface area contributed by atoms with Gasteiger partial charge in [-0.2, -0.15) is 0 Å². The van der Waals surface area contributed by atoms with Crippen molar-refractivity contribution in [1.82, 2.24) is 4.98 Å². The van der Waals surface area contributed by atoms with Crippen molar-refractivity contribution in [2.75, 3.05) is 0 Å². The van der Waals surface area contributed by atoms with Crippen LogP contribution in [0.4, 0.5) is 0 Å². The van der Waals surface area contributed by atoms with E-state index in [4.69, 9.17) is 0 Å². The molecule has 1 heterocycles. The Labute approximate surface area is 81.4 Å². The first-order valence-electron chi connectivity index (χ1n) is 4.42. The number of fused-ring (bicyclic) bond motifs is 1. The fourth-order valence-electron chi connectivity index (χ4n) is 1.77. The Hall–Kier alpha value is -1.77. The molecule has 2 rings (SSSR count). The highest BCUT2D eigenvalue weighted by molar-refractivity contribution is 6.08. The maximum absolute atomic E-state index is 11.4. The Morgan fingerprint density at radius 1 is 1.43 bits per heavy atom. The van der Waals surface area contributed by atoms with Crippen LogP contribution in [0, 0.1) is 6.92 Å². The number of carbonyl (C=O) groups excluding carboxylic acids is 1. The number of ketones is 1.